The lowest BCUT2D eigenvalue weighted by Gasteiger charge is -2.29. The molecule has 0 N–H and O–H groups in total. The number of carbonyl (C=O) groups is 1. The van der Waals surface area contributed by atoms with E-state index in [9.17, 15) is 4.79 Å². The largest absolute Gasteiger partial charge is 0.494 e. The van der Waals surface area contributed by atoms with E-state index < -0.39 is 0 Å². The van der Waals surface area contributed by atoms with Crippen LogP contribution in [0.4, 0.5) is 0 Å². The fraction of sp³-hybridized carbons (Fsp3) is 0.389. The van der Waals surface area contributed by atoms with Gasteiger partial charge in [-0.3, -0.25) is 4.79 Å². The molecule has 1 atom stereocenters. The SMILES string of the molecule is C=CC(=C)CCC(C)(CCC(=O)C=C)COC(=C)C=C. The molecule has 0 aliphatic heterocycles. The van der Waals surface area contributed by atoms with Crippen molar-refractivity contribution in [2.75, 3.05) is 6.61 Å². The van der Waals surface area contributed by atoms with Crippen molar-refractivity contribution in [3.63, 3.8) is 0 Å². The lowest BCUT2D eigenvalue weighted by Crippen LogP contribution is -2.24. The zero-order valence-electron chi connectivity index (χ0n) is 12.6. The standard InChI is InChI=1S/C18H26O2/c1-7-15(4)10-12-18(6,13-11-17(19)9-3)14-20-16(5)8-2/h7-9H,1-5,10-14H2,6H3. The molecule has 2 nitrogen and oxygen atoms in total. The monoisotopic (exact) mass is 274 g/mol. The van der Waals surface area contributed by atoms with Crippen molar-refractivity contribution in [3.8, 4) is 0 Å². The second-order valence-corrected chi connectivity index (χ2v) is 5.30. The molecule has 0 amide bonds. The Balaban J connectivity index is 4.63. The summed E-state index contributed by atoms with van der Waals surface area (Å²) >= 11 is 0. The third kappa shape index (κ3) is 7.57. The van der Waals surface area contributed by atoms with Crippen LogP contribution in [0.1, 0.15) is 32.6 Å². The molecule has 20 heavy (non-hydrogen) atoms. The predicted molar refractivity (Wildman–Crippen MR) is 86.4 cm³/mol. The van der Waals surface area contributed by atoms with Gasteiger partial charge in [-0.1, -0.05) is 51.5 Å². The van der Waals surface area contributed by atoms with Crippen LogP contribution in [0.3, 0.4) is 0 Å². The molecular weight excluding hydrogens is 248 g/mol. The van der Waals surface area contributed by atoms with Gasteiger partial charge in [-0.25, -0.2) is 0 Å². The summed E-state index contributed by atoms with van der Waals surface area (Å²) in [5.74, 6) is 0.607. The predicted octanol–water partition coefficient (Wildman–Crippen LogP) is 4.77. The van der Waals surface area contributed by atoms with Gasteiger partial charge in [0.1, 0.15) is 5.76 Å². The Morgan fingerprint density at radius 2 is 1.65 bits per heavy atom. The molecule has 0 saturated carbocycles. The lowest BCUT2D eigenvalue weighted by atomic mass is 9.80. The van der Waals surface area contributed by atoms with Crippen LogP contribution < -0.4 is 0 Å². The molecule has 0 radical (unpaired) electrons. The molecule has 0 heterocycles. The van der Waals surface area contributed by atoms with Crippen molar-refractivity contribution >= 4 is 5.78 Å². The summed E-state index contributed by atoms with van der Waals surface area (Å²) in [5, 5.41) is 0. The molecule has 0 fully saturated rings. The normalized spacial score (nSPS) is 12.8. The first kappa shape index (κ1) is 18.2. The zero-order chi connectivity index (χ0) is 15.6. The minimum Gasteiger partial charge on any atom is -0.494 e. The van der Waals surface area contributed by atoms with Crippen molar-refractivity contribution in [1.82, 2.24) is 0 Å². The summed E-state index contributed by atoms with van der Waals surface area (Å²) in [6.45, 7) is 21.1. The first-order valence-electron chi connectivity index (χ1n) is 6.76. The summed E-state index contributed by atoms with van der Waals surface area (Å²) in [6.07, 6.45) is 7.65. The van der Waals surface area contributed by atoms with Crippen molar-refractivity contribution in [3.05, 3.63) is 62.5 Å². The molecule has 0 aromatic rings. The minimum atomic E-state index is -0.115. The van der Waals surface area contributed by atoms with E-state index in [0.717, 1.165) is 24.8 Å². The van der Waals surface area contributed by atoms with Gasteiger partial charge in [0, 0.05) is 11.8 Å². The Kier molecular flexibility index (Phi) is 8.30. The third-order valence-corrected chi connectivity index (χ3v) is 3.37. The number of ketones is 1. The summed E-state index contributed by atoms with van der Waals surface area (Å²) in [5.41, 5.74) is 0.880. The number of ether oxygens (including phenoxy) is 1. The molecule has 0 aromatic carbocycles. The molecular formula is C18H26O2. The molecule has 0 aromatic heterocycles. The first-order valence-corrected chi connectivity index (χ1v) is 6.76. The maximum atomic E-state index is 11.4. The van der Waals surface area contributed by atoms with E-state index in [2.05, 4.69) is 39.8 Å². The molecule has 0 aliphatic rings. The highest BCUT2D eigenvalue weighted by molar-refractivity contribution is 5.88. The summed E-state index contributed by atoms with van der Waals surface area (Å²) in [7, 11) is 0. The molecule has 1 unspecified atom stereocenters. The first-order chi connectivity index (χ1) is 9.36. The van der Waals surface area contributed by atoms with Crippen LogP contribution >= 0.6 is 0 Å². The maximum absolute atomic E-state index is 11.4. The van der Waals surface area contributed by atoms with Gasteiger partial charge in [0.2, 0.25) is 0 Å². The second-order valence-electron chi connectivity index (χ2n) is 5.30. The van der Waals surface area contributed by atoms with Gasteiger partial charge in [-0.05, 0) is 31.4 Å². The Hall–Kier alpha value is -1.83. The smallest absolute Gasteiger partial charge is 0.155 e. The number of allylic oxidation sites excluding steroid dienone is 4. The average molecular weight is 274 g/mol. The van der Waals surface area contributed by atoms with Crippen molar-refractivity contribution in [2.45, 2.75) is 32.6 Å². The Morgan fingerprint density at radius 1 is 1.05 bits per heavy atom. The van der Waals surface area contributed by atoms with Crippen LogP contribution in [0.5, 0.6) is 0 Å². The zero-order valence-corrected chi connectivity index (χ0v) is 12.6. The summed E-state index contributed by atoms with van der Waals surface area (Å²) in [4.78, 5) is 11.4. The van der Waals surface area contributed by atoms with Gasteiger partial charge in [0.15, 0.2) is 5.78 Å². The number of rotatable bonds is 12. The van der Waals surface area contributed by atoms with E-state index >= 15 is 0 Å². The van der Waals surface area contributed by atoms with E-state index in [-0.39, 0.29) is 11.2 Å². The molecule has 0 bridgehead atoms. The fourth-order valence-electron chi connectivity index (χ4n) is 1.69. The molecule has 0 aliphatic carbocycles. The van der Waals surface area contributed by atoms with Gasteiger partial charge in [-0.15, -0.1) is 0 Å². The van der Waals surface area contributed by atoms with Crippen LogP contribution in [0.2, 0.25) is 0 Å². The number of carbonyl (C=O) groups excluding carboxylic acids is 1. The molecule has 0 rings (SSSR count). The topological polar surface area (TPSA) is 26.3 Å². The van der Waals surface area contributed by atoms with Gasteiger partial charge >= 0.3 is 0 Å². The molecule has 0 spiro atoms. The highest BCUT2D eigenvalue weighted by Gasteiger charge is 2.25. The van der Waals surface area contributed by atoms with Crippen molar-refractivity contribution in [1.29, 1.82) is 0 Å². The third-order valence-electron chi connectivity index (χ3n) is 3.37. The van der Waals surface area contributed by atoms with Gasteiger partial charge in [0.25, 0.3) is 0 Å². The number of hydrogen-bond acceptors (Lipinski definition) is 2. The van der Waals surface area contributed by atoms with Crippen molar-refractivity contribution < 1.29 is 9.53 Å². The Bertz CT molecular complexity index is 342. The summed E-state index contributed by atoms with van der Waals surface area (Å²) in [6, 6.07) is 0. The van der Waals surface area contributed by atoms with Crippen molar-refractivity contribution in [2.24, 2.45) is 5.41 Å². The molecule has 0 saturated heterocycles. The van der Waals surface area contributed by atoms with Gasteiger partial charge < -0.3 is 4.74 Å². The lowest BCUT2D eigenvalue weighted by molar-refractivity contribution is -0.115. The quantitative estimate of drug-likeness (QED) is 0.291. The highest BCUT2D eigenvalue weighted by Crippen LogP contribution is 2.32. The van der Waals surface area contributed by atoms with E-state index in [0.29, 0.717) is 18.8 Å². The fourth-order valence-corrected chi connectivity index (χ4v) is 1.69. The van der Waals surface area contributed by atoms with E-state index in [4.69, 9.17) is 4.74 Å². The van der Waals surface area contributed by atoms with Gasteiger partial charge in [0.05, 0.1) is 6.61 Å². The van der Waals surface area contributed by atoms with Crippen LogP contribution in [0, 0.1) is 5.41 Å². The van der Waals surface area contributed by atoms with Crippen LogP contribution in [-0.2, 0) is 9.53 Å². The van der Waals surface area contributed by atoms with Crippen LogP contribution in [0.15, 0.2) is 62.5 Å². The van der Waals surface area contributed by atoms with E-state index in [1.54, 1.807) is 12.2 Å². The Labute approximate surface area is 123 Å². The highest BCUT2D eigenvalue weighted by atomic mass is 16.5. The molecule has 2 heteroatoms. The molecule has 110 valence electrons. The minimum absolute atomic E-state index is 0.0568. The van der Waals surface area contributed by atoms with E-state index in [1.807, 2.05) is 0 Å². The summed E-state index contributed by atoms with van der Waals surface area (Å²) < 4.78 is 5.58. The average Bonchev–Trinajstić information content (AvgIpc) is 2.47. The van der Waals surface area contributed by atoms with Gasteiger partial charge in [-0.2, -0.15) is 0 Å². The number of hydrogen-bond donors (Lipinski definition) is 0. The van der Waals surface area contributed by atoms with Crippen LogP contribution in [0.25, 0.3) is 0 Å². The van der Waals surface area contributed by atoms with Crippen LogP contribution in [-0.4, -0.2) is 12.4 Å². The second kappa shape index (κ2) is 9.13. The maximum Gasteiger partial charge on any atom is 0.155 e. The Morgan fingerprint density at radius 3 is 2.15 bits per heavy atom. The van der Waals surface area contributed by atoms with E-state index in [1.165, 1.54) is 6.08 Å².